The Hall–Kier alpha value is -1.47. The van der Waals surface area contributed by atoms with Crippen molar-refractivity contribution in [3.05, 3.63) is 35.6 Å². The maximum absolute atomic E-state index is 13.2. The second-order valence-corrected chi connectivity index (χ2v) is 4.62. The number of isocyanates is 1. The summed E-state index contributed by atoms with van der Waals surface area (Å²) in [7, 11) is 0. The van der Waals surface area contributed by atoms with E-state index in [1.807, 2.05) is 6.07 Å². The second-order valence-electron chi connectivity index (χ2n) is 4.62. The molecule has 0 saturated heterocycles. The van der Waals surface area contributed by atoms with Gasteiger partial charge in [-0.25, -0.2) is 9.18 Å². The van der Waals surface area contributed by atoms with Crippen molar-refractivity contribution in [1.82, 2.24) is 0 Å². The number of hydrogen-bond donors (Lipinski definition) is 0. The lowest BCUT2D eigenvalue weighted by Gasteiger charge is -2.26. The predicted octanol–water partition coefficient (Wildman–Crippen LogP) is 3.78. The molecule has 0 aliphatic heterocycles. The van der Waals surface area contributed by atoms with Gasteiger partial charge in [0.05, 0.1) is 6.04 Å². The highest BCUT2D eigenvalue weighted by molar-refractivity contribution is 5.36. The van der Waals surface area contributed by atoms with Gasteiger partial charge in [-0.2, -0.15) is 4.99 Å². The Morgan fingerprint density at radius 2 is 2.06 bits per heavy atom. The van der Waals surface area contributed by atoms with Gasteiger partial charge in [-0.05, 0) is 36.5 Å². The molecule has 0 heterocycles. The molecule has 0 N–H and O–H groups in total. The van der Waals surface area contributed by atoms with Crippen LogP contribution in [0.25, 0.3) is 0 Å². The van der Waals surface area contributed by atoms with Crippen LogP contribution in [0, 0.1) is 11.7 Å². The Balaban J connectivity index is 2.24. The van der Waals surface area contributed by atoms with Gasteiger partial charge in [0, 0.05) is 0 Å². The fourth-order valence-electron chi connectivity index (χ4n) is 2.65. The van der Waals surface area contributed by atoms with E-state index in [1.54, 1.807) is 12.1 Å². The van der Waals surface area contributed by atoms with Crippen LogP contribution in [0.3, 0.4) is 0 Å². The number of nitrogens with zero attached hydrogens (tertiary/aromatic N) is 1. The van der Waals surface area contributed by atoms with E-state index in [2.05, 4.69) is 4.99 Å². The summed E-state index contributed by atoms with van der Waals surface area (Å²) in [6.45, 7) is 0. The average Bonchev–Trinajstić information content (AvgIpc) is 2.37. The summed E-state index contributed by atoms with van der Waals surface area (Å²) < 4.78 is 13.2. The number of carbonyl (C=O) groups excluding carboxylic acids is 1. The summed E-state index contributed by atoms with van der Waals surface area (Å²) in [5.41, 5.74) is 0.792. The molecule has 1 aliphatic rings. The first kappa shape index (κ1) is 12.0. The molecular formula is C14H16FNO. The van der Waals surface area contributed by atoms with E-state index < -0.39 is 0 Å². The van der Waals surface area contributed by atoms with E-state index in [4.69, 9.17) is 0 Å². The summed E-state index contributed by atoms with van der Waals surface area (Å²) in [6.07, 6.45) is 7.35. The highest BCUT2D eigenvalue weighted by Gasteiger charge is 2.24. The van der Waals surface area contributed by atoms with E-state index in [0.29, 0.717) is 5.92 Å². The standard InChI is InChI=1S/C14H16FNO/c15-13-8-4-7-12(9-13)14(16-10-17)11-5-2-1-3-6-11/h4,7-9,11,14H,1-3,5-6H2. The summed E-state index contributed by atoms with van der Waals surface area (Å²) in [6, 6.07) is 6.17. The van der Waals surface area contributed by atoms with Crippen molar-refractivity contribution in [2.24, 2.45) is 10.9 Å². The zero-order valence-corrected chi connectivity index (χ0v) is 9.73. The molecule has 0 amide bonds. The molecule has 1 aromatic rings. The van der Waals surface area contributed by atoms with Crippen LogP contribution in [0.5, 0.6) is 0 Å². The fraction of sp³-hybridized carbons (Fsp3) is 0.500. The second kappa shape index (κ2) is 5.74. The van der Waals surface area contributed by atoms with Gasteiger partial charge in [0.15, 0.2) is 0 Å². The molecule has 17 heavy (non-hydrogen) atoms. The Kier molecular flexibility index (Phi) is 4.05. The molecule has 1 aliphatic carbocycles. The normalized spacial score (nSPS) is 18.4. The number of aliphatic imine (C=N–C) groups is 1. The average molecular weight is 233 g/mol. The van der Waals surface area contributed by atoms with E-state index >= 15 is 0 Å². The third-order valence-electron chi connectivity index (χ3n) is 3.48. The Bertz CT molecular complexity index is 420. The topological polar surface area (TPSA) is 29.4 Å². The lowest BCUT2D eigenvalue weighted by molar-refractivity contribution is 0.308. The van der Waals surface area contributed by atoms with Crippen molar-refractivity contribution >= 4 is 6.08 Å². The first-order chi connectivity index (χ1) is 8.31. The molecule has 1 atom stereocenters. The Morgan fingerprint density at radius 3 is 2.71 bits per heavy atom. The zero-order chi connectivity index (χ0) is 12.1. The first-order valence-corrected chi connectivity index (χ1v) is 6.13. The Morgan fingerprint density at radius 1 is 1.29 bits per heavy atom. The van der Waals surface area contributed by atoms with E-state index in [9.17, 15) is 9.18 Å². The third kappa shape index (κ3) is 3.01. The minimum atomic E-state index is -0.274. The molecule has 1 aromatic carbocycles. The van der Waals surface area contributed by atoms with Crippen LogP contribution in [-0.4, -0.2) is 6.08 Å². The zero-order valence-electron chi connectivity index (χ0n) is 9.73. The van der Waals surface area contributed by atoms with Crippen molar-refractivity contribution < 1.29 is 9.18 Å². The molecule has 0 bridgehead atoms. The fourth-order valence-corrected chi connectivity index (χ4v) is 2.65. The first-order valence-electron chi connectivity index (χ1n) is 6.13. The lowest BCUT2D eigenvalue weighted by atomic mass is 9.81. The highest BCUT2D eigenvalue weighted by atomic mass is 19.1. The van der Waals surface area contributed by atoms with Gasteiger partial charge in [-0.3, -0.25) is 0 Å². The van der Waals surface area contributed by atoms with Gasteiger partial charge in [0.1, 0.15) is 5.82 Å². The van der Waals surface area contributed by atoms with Gasteiger partial charge < -0.3 is 0 Å². The van der Waals surface area contributed by atoms with Crippen molar-refractivity contribution in [3.63, 3.8) is 0 Å². The largest absolute Gasteiger partial charge is 0.235 e. The summed E-state index contributed by atoms with van der Waals surface area (Å²) in [5.74, 6) is 0.0800. The van der Waals surface area contributed by atoms with Crippen molar-refractivity contribution in [2.75, 3.05) is 0 Å². The molecule has 1 unspecified atom stereocenters. The van der Waals surface area contributed by atoms with Crippen LogP contribution in [-0.2, 0) is 4.79 Å². The number of rotatable bonds is 3. The van der Waals surface area contributed by atoms with Crippen molar-refractivity contribution in [3.8, 4) is 0 Å². The Labute approximate surface area is 101 Å². The van der Waals surface area contributed by atoms with Crippen LogP contribution < -0.4 is 0 Å². The monoisotopic (exact) mass is 233 g/mol. The van der Waals surface area contributed by atoms with Crippen LogP contribution in [0.1, 0.15) is 43.7 Å². The van der Waals surface area contributed by atoms with Gasteiger partial charge in [0.25, 0.3) is 0 Å². The quantitative estimate of drug-likeness (QED) is 0.577. The summed E-state index contributed by atoms with van der Waals surface area (Å²) >= 11 is 0. The molecule has 1 saturated carbocycles. The minimum absolute atomic E-state index is 0.219. The van der Waals surface area contributed by atoms with Crippen LogP contribution in [0.15, 0.2) is 29.3 Å². The van der Waals surface area contributed by atoms with E-state index in [-0.39, 0.29) is 11.9 Å². The number of hydrogen-bond acceptors (Lipinski definition) is 2. The van der Waals surface area contributed by atoms with E-state index in [1.165, 1.54) is 31.4 Å². The molecule has 0 aromatic heterocycles. The smallest absolute Gasteiger partial charge is 0.211 e. The molecule has 2 rings (SSSR count). The van der Waals surface area contributed by atoms with Gasteiger partial charge in [0.2, 0.25) is 6.08 Å². The molecule has 2 nitrogen and oxygen atoms in total. The minimum Gasteiger partial charge on any atom is -0.211 e. The van der Waals surface area contributed by atoms with Crippen molar-refractivity contribution in [1.29, 1.82) is 0 Å². The van der Waals surface area contributed by atoms with Gasteiger partial charge in [-0.1, -0.05) is 31.4 Å². The summed E-state index contributed by atoms with van der Waals surface area (Å²) in [5, 5.41) is 0. The maximum Gasteiger partial charge on any atom is 0.235 e. The van der Waals surface area contributed by atoms with Crippen LogP contribution in [0.2, 0.25) is 0 Å². The summed E-state index contributed by atoms with van der Waals surface area (Å²) in [4.78, 5) is 14.4. The predicted molar refractivity (Wildman–Crippen MR) is 63.8 cm³/mol. The number of benzene rings is 1. The van der Waals surface area contributed by atoms with Gasteiger partial charge >= 0.3 is 0 Å². The highest BCUT2D eigenvalue weighted by Crippen LogP contribution is 2.36. The lowest BCUT2D eigenvalue weighted by Crippen LogP contribution is -2.15. The van der Waals surface area contributed by atoms with Gasteiger partial charge in [-0.15, -0.1) is 0 Å². The van der Waals surface area contributed by atoms with Crippen LogP contribution in [0.4, 0.5) is 4.39 Å². The van der Waals surface area contributed by atoms with E-state index in [0.717, 1.165) is 18.4 Å². The third-order valence-corrected chi connectivity index (χ3v) is 3.48. The molecule has 0 spiro atoms. The molecule has 90 valence electrons. The SMILES string of the molecule is O=C=NC(c1cccc(F)c1)C1CCCCC1. The molecule has 3 heteroatoms. The molecule has 0 radical (unpaired) electrons. The van der Waals surface area contributed by atoms with Crippen LogP contribution >= 0.6 is 0 Å². The molecule has 1 fully saturated rings. The maximum atomic E-state index is 13.2. The molecular weight excluding hydrogens is 217 g/mol. The number of halogens is 1. The van der Waals surface area contributed by atoms with Crippen molar-refractivity contribution in [2.45, 2.75) is 38.1 Å².